The van der Waals surface area contributed by atoms with Crippen LogP contribution < -0.4 is 9.47 Å². The Hall–Kier alpha value is -3.84. The van der Waals surface area contributed by atoms with Gasteiger partial charge in [-0.05, 0) is 55.7 Å². The van der Waals surface area contributed by atoms with Crippen LogP contribution in [0.2, 0.25) is 5.02 Å². The Bertz CT molecular complexity index is 1550. The number of benzene rings is 1. The maximum atomic E-state index is 14.0. The lowest BCUT2D eigenvalue weighted by Gasteiger charge is -2.23. The molecule has 3 aromatic heterocycles. The molecule has 0 aliphatic carbocycles. The maximum Gasteiger partial charge on any atom is 0.309 e. The molecular weight excluding hydrogens is 528 g/mol. The number of aromatic nitrogens is 2. The molecule has 40 heavy (non-hydrogen) atoms. The van der Waals surface area contributed by atoms with E-state index < -0.39 is 16.8 Å². The summed E-state index contributed by atoms with van der Waals surface area (Å²) in [6.07, 6.45) is 2.56. The van der Waals surface area contributed by atoms with Crippen molar-refractivity contribution in [3.63, 3.8) is 0 Å². The van der Waals surface area contributed by atoms with E-state index in [0.29, 0.717) is 39.8 Å². The first-order chi connectivity index (χ1) is 18.8. The molecule has 7 nitrogen and oxygen atoms in total. The Balaban J connectivity index is 1.88. The highest BCUT2D eigenvalue weighted by atomic mass is 35.5. The summed E-state index contributed by atoms with van der Waals surface area (Å²) in [6.45, 7) is 9.21. The molecule has 0 saturated carbocycles. The molecule has 0 bridgehead atoms. The minimum absolute atomic E-state index is 0.0600. The van der Waals surface area contributed by atoms with Crippen LogP contribution in [-0.4, -0.2) is 33.4 Å². The third kappa shape index (κ3) is 6.31. The lowest BCUT2D eigenvalue weighted by molar-refractivity contribution is -0.146. The van der Waals surface area contributed by atoms with E-state index in [1.165, 1.54) is 0 Å². The first-order valence-corrected chi connectivity index (χ1v) is 13.5. The molecule has 0 radical (unpaired) electrons. The van der Waals surface area contributed by atoms with Gasteiger partial charge in [-0.15, -0.1) is 0 Å². The second-order valence-corrected chi connectivity index (χ2v) is 12.1. The van der Waals surface area contributed by atoms with E-state index in [4.69, 9.17) is 21.1 Å². The Morgan fingerprint density at radius 2 is 1.73 bits per heavy atom. The first-order valence-electron chi connectivity index (χ1n) is 13.1. The summed E-state index contributed by atoms with van der Waals surface area (Å²) < 4.78 is 13.3. The van der Waals surface area contributed by atoms with Crippen molar-refractivity contribution in [2.24, 2.45) is 10.8 Å². The smallest absolute Gasteiger partial charge is 0.309 e. The number of carboxylic acid groups (broad SMARTS) is 1. The van der Waals surface area contributed by atoms with E-state index >= 15 is 0 Å². The van der Waals surface area contributed by atoms with E-state index in [-0.39, 0.29) is 18.8 Å². The number of rotatable bonds is 10. The summed E-state index contributed by atoms with van der Waals surface area (Å²) in [5.74, 6) is 0.0812. The van der Waals surface area contributed by atoms with Crippen molar-refractivity contribution in [1.82, 2.24) is 9.38 Å². The fourth-order valence-corrected chi connectivity index (χ4v) is 4.70. The van der Waals surface area contributed by atoms with Gasteiger partial charge in [-0.3, -0.25) is 9.59 Å². The summed E-state index contributed by atoms with van der Waals surface area (Å²) in [7, 11) is 1.56. The third-order valence-corrected chi connectivity index (χ3v) is 7.14. The van der Waals surface area contributed by atoms with Crippen LogP contribution >= 0.6 is 11.6 Å². The Kier molecular flexibility index (Phi) is 8.26. The number of ketones is 1. The highest BCUT2D eigenvalue weighted by Gasteiger charge is 2.36. The van der Waals surface area contributed by atoms with Gasteiger partial charge in [-0.1, -0.05) is 50.6 Å². The van der Waals surface area contributed by atoms with Crippen LogP contribution in [0, 0.1) is 10.8 Å². The average Bonchev–Trinajstić information content (AvgIpc) is 3.18. The van der Waals surface area contributed by atoms with Crippen molar-refractivity contribution in [1.29, 1.82) is 0 Å². The summed E-state index contributed by atoms with van der Waals surface area (Å²) >= 11 is 6.13. The predicted molar refractivity (Wildman–Crippen MR) is 156 cm³/mol. The average molecular weight is 563 g/mol. The molecule has 4 rings (SSSR count). The minimum Gasteiger partial charge on any atom is -0.487 e. The number of pyridine rings is 2. The zero-order chi connectivity index (χ0) is 29.2. The second kappa shape index (κ2) is 11.3. The highest BCUT2D eigenvalue weighted by molar-refractivity contribution is 6.30. The lowest BCUT2D eigenvalue weighted by Crippen LogP contribution is -2.28. The molecule has 0 amide bonds. The second-order valence-electron chi connectivity index (χ2n) is 11.6. The van der Waals surface area contributed by atoms with Crippen molar-refractivity contribution < 1.29 is 24.2 Å². The van der Waals surface area contributed by atoms with E-state index in [9.17, 15) is 14.7 Å². The molecule has 0 atom stereocenters. The van der Waals surface area contributed by atoms with Crippen LogP contribution in [0.3, 0.4) is 0 Å². The third-order valence-electron chi connectivity index (χ3n) is 6.89. The van der Waals surface area contributed by atoms with Crippen molar-refractivity contribution in [3.8, 4) is 11.6 Å². The molecule has 1 aromatic carbocycles. The fraction of sp³-hybridized carbons (Fsp3) is 0.344. The molecule has 0 unspecified atom stereocenters. The normalized spacial score (nSPS) is 12.0. The number of nitrogens with zero attached hydrogens (tertiary/aromatic N) is 2. The van der Waals surface area contributed by atoms with Crippen LogP contribution in [0.1, 0.15) is 67.5 Å². The number of aliphatic carboxylic acids is 1. The van der Waals surface area contributed by atoms with Crippen LogP contribution in [0.25, 0.3) is 5.52 Å². The summed E-state index contributed by atoms with van der Waals surface area (Å²) in [4.78, 5) is 30.6. The first kappa shape index (κ1) is 29.2. The summed E-state index contributed by atoms with van der Waals surface area (Å²) in [5.41, 5.74) is 2.71. The number of ether oxygens (including phenoxy) is 2. The Labute approximate surface area is 239 Å². The van der Waals surface area contributed by atoms with Crippen LogP contribution in [0.15, 0.2) is 60.8 Å². The Morgan fingerprint density at radius 1 is 1.02 bits per heavy atom. The molecule has 210 valence electrons. The van der Waals surface area contributed by atoms with Gasteiger partial charge in [-0.25, -0.2) is 4.98 Å². The number of fused-ring (bicyclic) bond motifs is 1. The molecule has 8 heteroatoms. The minimum atomic E-state index is -1.09. The van der Waals surface area contributed by atoms with Gasteiger partial charge in [0.25, 0.3) is 0 Å². The number of carbonyl (C=O) groups is 2. The molecule has 0 fully saturated rings. The number of hydrogen-bond donors (Lipinski definition) is 1. The van der Waals surface area contributed by atoms with E-state index in [1.807, 2.05) is 79.9 Å². The standard InChI is InChI=1S/C32H35ClN2O5/c1-31(2,3)29(36)28-24(18-32(4,5)30(37)38)25(16-20-10-12-21(33)13-11-20)35-15-14-23(17-26(28)35)40-19-22-8-7-9-27(34-22)39-6/h7-15,17H,16,18-19H2,1-6H3,(H,37,38). The predicted octanol–water partition coefficient (Wildman–Crippen LogP) is 7.05. The number of methoxy groups -OCH3 is 1. The Morgan fingerprint density at radius 3 is 2.35 bits per heavy atom. The molecule has 1 N–H and O–H groups in total. The molecule has 0 aliphatic rings. The fourth-order valence-electron chi connectivity index (χ4n) is 4.58. The molecule has 0 aliphatic heterocycles. The van der Waals surface area contributed by atoms with E-state index in [2.05, 4.69) is 4.98 Å². The molecule has 0 spiro atoms. The van der Waals surface area contributed by atoms with Crippen molar-refractivity contribution >= 4 is 28.9 Å². The molecule has 3 heterocycles. The quantitative estimate of drug-likeness (QED) is 0.208. The largest absolute Gasteiger partial charge is 0.487 e. The SMILES string of the molecule is COc1cccc(COc2ccn3c(Cc4ccc(Cl)cc4)c(CC(C)(C)C(=O)O)c(C(=O)C(C)(C)C)c3c2)n1. The van der Waals surface area contributed by atoms with Gasteiger partial charge >= 0.3 is 5.97 Å². The van der Waals surface area contributed by atoms with Gasteiger partial charge in [0.15, 0.2) is 5.78 Å². The monoisotopic (exact) mass is 562 g/mol. The molecule has 0 saturated heterocycles. The van der Waals surface area contributed by atoms with Crippen molar-refractivity contribution in [2.75, 3.05) is 7.11 Å². The van der Waals surface area contributed by atoms with Gasteiger partial charge in [0.2, 0.25) is 5.88 Å². The number of hydrogen-bond acceptors (Lipinski definition) is 5. The van der Waals surface area contributed by atoms with Gasteiger partial charge in [0, 0.05) is 46.4 Å². The van der Waals surface area contributed by atoms with Crippen LogP contribution in [-0.2, 0) is 24.2 Å². The van der Waals surface area contributed by atoms with Gasteiger partial charge in [0.05, 0.1) is 23.7 Å². The number of carbonyl (C=O) groups excluding carboxylic acids is 1. The van der Waals surface area contributed by atoms with Crippen molar-refractivity contribution in [2.45, 2.75) is 54.1 Å². The molecule has 4 aromatic rings. The van der Waals surface area contributed by atoms with Gasteiger partial charge in [0.1, 0.15) is 12.4 Å². The van der Waals surface area contributed by atoms with E-state index in [0.717, 1.165) is 16.8 Å². The lowest BCUT2D eigenvalue weighted by atomic mass is 9.79. The van der Waals surface area contributed by atoms with Gasteiger partial charge < -0.3 is 19.0 Å². The zero-order valence-electron chi connectivity index (χ0n) is 23.7. The topological polar surface area (TPSA) is 90.1 Å². The summed E-state index contributed by atoms with van der Waals surface area (Å²) in [6, 6.07) is 16.7. The van der Waals surface area contributed by atoms with Crippen molar-refractivity contribution in [3.05, 3.63) is 93.9 Å². The number of Topliss-reactive ketones (excluding diaryl/α,β-unsaturated/α-hetero) is 1. The number of carboxylic acids is 1. The van der Waals surface area contributed by atoms with Crippen LogP contribution in [0.4, 0.5) is 0 Å². The van der Waals surface area contributed by atoms with E-state index in [1.54, 1.807) is 27.0 Å². The highest BCUT2D eigenvalue weighted by Crippen LogP contribution is 2.37. The van der Waals surface area contributed by atoms with Gasteiger partial charge in [-0.2, -0.15) is 0 Å². The number of halogens is 1. The summed E-state index contributed by atoms with van der Waals surface area (Å²) in [5, 5.41) is 10.6. The molecular formula is C32H35ClN2O5. The maximum absolute atomic E-state index is 14.0. The van der Waals surface area contributed by atoms with Crippen LogP contribution in [0.5, 0.6) is 11.6 Å². The zero-order valence-corrected chi connectivity index (χ0v) is 24.5.